The molecule has 1 aromatic rings. The minimum Gasteiger partial charge on any atom is -0.384 e. The van der Waals surface area contributed by atoms with Gasteiger partial charge in [0.2, 0.25) is 5.82 Å². The van der Waals surface area contributed by atoms with E-state index >= 15 is 0 Å². The summed E-state index contributed by atoms with van der Waals surface area (Å²) in [4.78, 5) is 4.15. The molecule has 84 valence electrons. The molecule has 1 saturated heterocycles. The highest BCUT2D eigenvalue weighted by Crippen LogP contribution is 2.33. The maximum atomic E-state index is 9.28. The third-order valence-corrected chi connectivity index (χ3v) is 2.74. The summed E-state index contributed by atoms with van der Waals surface area (Å²) in [7, 11) is 0. The standard InChI is InChI=1S/C10H16N2O3/c1-7(13)8-11-9(12-15-8)10(2)5-3-4-6-14-10/h7,13H,3-6H2,1-2H3/t7-,10?/m0/s1. The molecule has 1 aliphatic rings. The Labute approximate surface area is 88.4 Å². The Morgan fingerprint density at radius 1 is 1.47 bits per heavy atom. The van der Waals surface area contributed by atoms with E-state index in [1.165, 1.54) is 0 Å². The lowest BCUT2D eigenvalue weighted by Crippen LogP contribution is -2.31. The summed E-state index contributed by atoms with van der Waals surface area (Å²) in [6, 6.07) is 0. The molecular formula is C10H16N2O3. The smallest absolute Gasteiger partial charge is 0.255 e. The van der Waals surface area contributed by atoms with Gasteiger partial charge in [-0.05, 0) is 33.1 Å². The van der Waals surface area contributed by atoms with Crippen LogP contribution in [0.25, 0.3) is 0 Å². The van der Waals surface area contributed by atoms with Gasteiger partial charge in [-0.25, -0.2) is 0 Å². The molecule has 0 spiro atoms. The van der Waals surface area contributed by atoms with Crippen molar-refractivity contribution in [1.29, 1.82) is 0 Å². The van der Waals surface area contributed by atoms with Crippen LogP contribution >= 0.6 is 0 Å². The van der Waals surface area contributed by atoms with Gasteiger partial charge in [0, 0.05) is 6.61 Å². The van der Waals surface area contributed by atoms with Crippen molar-refractivity contribution in [2.24, 2.45) is 0 Å². The number of hydrogen-bond acceptors (Lipinski definition) is 5. The Morgan fingerprint density at radius 2 is 2.27 bits per heavy atom. The second-order valence-electron chi connectivity index (χ2n) is 4.17. The number of aromatic nitrogens is 2. The van der Waals surface area contributed by atoms with E-state index in [4.69, 9.17) is 9.26 Å². The number of aliphatic hydroxyl groups is 1. The molecule has 2 atom stereocenters. The van der Waals surface area contributed by atoms with Crippen LogP contribution in [0.2, 0.25) is 0 Å². The van der Waals surface area contributed by atoms with Crippen molar-refractivity contribution in [3.63, 3.8) is 0 Å². The van der Waals surface area contributed by atoms with Crippen LogP contribution in [-0.4, -0.2) is 21.9 Å². The zero-order valence-electron chi connectivity index (χ0n) is 9.06. The van der Waals surface area contributed by atoms with Crippen molar-refractivity contribution in [2.75, 3.05) is 6.61 Å². The quantitative estimate of drug-likeness (QED) is 0.805. The van der Waals surface area contributed by atoms with Gasteiger partial charge in [0.15, 0.2) is 0 Å². The van der Waals surface area contributed by atoms with Crippen LogP contribution in [0.3, 0.4) is 0 Å². The van der Waals surface area contributed by atoms with Crippen LogP contribution in [0, 0.1) is 0 Å². The van der Waals surface area contributed by atoms with Crippen molar-refractivity contribution in [3.8, 4) is 0 Å². The Bertz CT molecular complexity index is 329. The molecule has 2 heterocycles. The zero-order valence-corrected chi connectivity index (χ0v) is 9.06. The normalized spacial score (nSPS) is 29.0. The van der Waals surface area contributed by atoms with Gasteiger partial charge in [-0.3, -0.25) is 0 Å². The first kappa shape index (κ1) is 10.6. The number of hydrogen-bond donors (Lipinski definition) is 1. The molecule has 0 saturated carbocycles. The van der Waals surface area contributed by atoms with E-state index in [1.807, 2.05) is 6.92 Å². The fourth-order valence-electron chi connectivity index (χ4n) is 1.73. The van der Waals surface area contributed by atoms with Crippen LogP contribution in [-0.2, 0) is 10.3 Å². The summed E-state index contributed by atoms with van der Waals surface area (Å²) in [5, 5.41) is 13.1. The fraction of sp³-hybridized carbons (Fsp3) is 0.800. The van der Waals surface area contributed by atoms with Crippen LogP contribution in [0.15, 0.2) is 4.52 Å². The zero-order chi connectivity index (χ0) is 10.9. The van der Waals surface area contributed by atoms with Crippen molar-refractivity contribution >= 4 is 0 Å². The van der Waals surface area contributed by atoms with Gasteiger partial charge in [-0.15, -0.1) is 0 Å². The minimum atomic E-state index is -0.724. The SMILES string of the molecule is C[C@H](O)c1nc(C2(C)CCCCO2)no1. The van der Waals surface area contributed by atoms with E-state index < -0.39 is 11.7 Å². The van der Waals surface area contributed by atoms with Gasteiger partial charge < -0.3 is 14.4 Å². The van der Waals surface area contributed by atoms with E-state index in [0.717, 1.165) is 25.9 Å². The number of rotatable bonds is 2. The third kappa shape index (κ3) is 2.03. The summed E-state index contributed by atoms with van der Waals surface area (Å²) in [5.41, 5.74) is -0.450. The third-order valence-electron chi connectivity index (χ3n) is 2.74. The van der Waals surface area contributed by atoms with Crippen LogP contribution in [0.5, 0.6) is 0 Å². The van der Waals surface area contributed by atoms with Gasteiger partial charge in [0.25, 0.3) is 5.89 Å². The van der Waals surface area contributed by atoms with Gasteiger partial charge in [-0.2, -0.15) is 4.98 Å². The van der Waals surface area contributed by atoms with Gasteiger partial charge >= 0.3 is 0 Å². The lowest BCUT2D eigenvalue weighted by molar-refractivity contribution is -0.0770. The second kappa shape index (κ2) is 3.90. The van der Waals surface area contributed by atoms with Crippen LogP contribution in [0.1, 0.15) is 50.9 Å². The maximum Gasteiger partial charge on any atom is 0.255 e. The molecule has 0 radical (unpaired) electrons. The van der Waals surface area contributed by atoms with E-state index in [1.54, 1.807) is 6.92 Å². The van der Waals surface area contributed by atoms with Crippen molar-refractivity contribution < 1.29 is 14.4 Å². The molecule has 1 fully saturated rings. The van der Waals surface area contributed by atoms with Crippen molar-refractivity contribution in [2.45, 2.75) is 44.8 Å². The number of ether oxygens (including phenoxy) is 1. The molecule has 1 N–H and O–H groups in total. The first-order chi connectivity index (χ1) is 7.12. The summed E-state index contributed by atoms with van der Waals surface area (Å²) >= 11 is 0. The average molecular weight is 212 g/mol. The highest BCUT2D eigenvalue weighted by atomic mass is 16.5. The molecule has 0 aromatic carbocycles. The summed E-state index contributed by atoms with van der Waals surface area (Å²) < 4.78 is 10.6. The number of aliphatic hydroxyl groups excluding tert-OH is 1. The van der Waals surface area contributed by atoms with Gasteiger partial charge in [-0.1, -0.05) is 5.16 Å². The molecule has 1 unspecified atom stereocenters. The molecule has 15 heavy (non-hydrogen) atoms. The lowest BCUT2D eigenvalue weighted by Gasteiger charge is -2.30. The van der Waals surface area contributed by atoms with Crippen LogP contribution < -0.4 is 0 Å². The van der Waals surface area contributed by atoms with Crippen molar-refractivity contribution in [3.05, 3.63) is 11.7 Å². The average Bonchev–Trinajstić information content (AvgIpc) is 2.68. The highest BCUT2D eigenvalue weighted by Gasteiger charge is 2.35. The fourth-order valence-corrected chi connectivity index (χ4v) is 1.73. The molecule has 1 aromatic heterocycles. The molecule has 2 rings (SSSR count). The van der Waals surface area contributed by atoms with E-state index in [2.05, 4.69) is 10.1 Å². The highest BCUT2D eigenvalue weighted by molar-refractivity contribution is 5.01. The minimum absolute atomic E-state index is 0.250. The van der Waals surface area contributed by atoms with E-state index in [0.29, 0.717) is 5.82 Å². The Kier molecular flexibility index (Phi) is 2.75. The predicted octanol–water partition coefficient (Wildman–Crippen LogP) is 1.54. The summed E-state index contributed by atoms with van der Waals surface area (Å²) in [6.07, 6.45) is 2.36. The number of nitrogens with zero attached hydrogens (tertiary/aromatic N) is 2. The monoisotopic (exact) mass is 212 g/mol. The lowest BCUT2D eigenvalue weighted by atomic mass is 9.95. The maximum absolute atomic E-state index is 9.28. The molecule has 5 nitrogen and oxygen atoms in total. The van der Waals surface area contributed by atoms with Gasteiger partial charge in [0.1, 0.15) is 11.7 Å². The molecule has 0 bridgehead atoms. The summed E-state index contributed by atoms with van der Waals surface area (Å²) in [6.45, 7) is 4.29. The molecule has 1 aliphatic heterocycles. The van der Waals surface area contributed by atoms with Crippen molar-refractivity contribution in [1.82, 2.24) is 10.1 Å². The predicted molar refractivity (Wildman–Crippen MR) is 52.1 cm³/mol. The molecular weight excluding hydrogens is 196 g/mol. The van der Waals surface area contributed by atoms with E-state index in [-0.39, 0.29) is 5.89 Å². The Morgan fingerprint density at radius 3 is 2.80 bits per heavy atom. The Balaban J connectivity index is 2.20. The molecule has 5 heteroatoms. The first-order valence-corrected chi connectivity index (χ1v) is 5.28. The molecule has 0 aliphatic carbocycles. The Hall–Kier alpha value is -0.940. The topological polar surface area (TPSA) is 68.4 Å². The summed E-state index contributed by atoms with van der Waals surface area (Å²) in [5.74, 6) is 0.790. The van der Waals surface area contributed by atoms with Crippen LogP contribution in [0.4, 0.5) is 0 Å². The van der Waals surface area contributed by atoms with E-state index in [9.17, 15) is 5.11 Å². The van der Waals surface area contributed by atoms with Gasteiger partial charge in [0.05, 0.1) is 0 Å². The first-order valence-electron chi connectivity index (χ1n) is 5.28. The second-order valence-corrected chi connectivity index (χ2v) is 4.17. The largest absolute Gasteiger partial charge is 0.384 e. The molecule has 0 amide bonds.